The fourth-order valence-electron chi connectivity index (χ4n) is 3.45. The molecule has 4 rings (SSSR count). The summed E-state index contributed by atoms with van der Waals surface area (Å²) in [5.74, 6) is 2.50. The summed E-state index contributed by atoms with van der Waals surface area (Å²) in [5, 5.41) is 7.56. The molecule has 1 aromatic carbocycles. The number of nitrogens with one attached hydrogen (secondary N) is 2. The minimum atomic E-state index is 0.204. The van der Waals surface area contributed by atoms with E-state index in [2.05, 4.69) is 26.7 Å². The predicted octanol–water partition coefficient (Wildman–Crippen LogP) is 3.23. The van der Waals surface area contributed by atoms with E-state index in [0.717, 1.165) is 46.3 Å². The van der Waals surface area contributed by atoms with Gasteiger partial charge in [-0.3, -0.25) is 9.79 Å². The van der Waals surface area contributed by atoms with Gasteiger partial charge in [0.25, 0.3) is 0 Å². The zero-order valence-corrected chi connectivity index (χ0v) is 17.5. The molecule has 0 spiro atoms. The van der Waals surface area contributed by atoms with Crippen LogP contribution in [0.4, 0.5) is 0 Å². The number of fused-ring (bicyclic) bond motifs is 1. The molecular weight excluding hydrogens is 386 g/mol. The number of amides is 1. The van der Waals surface area contributed by atoms with Crippen molar-refractivity contribution in [2.75, 3.05) is 20.1 Å². The molecule has 1 amide bonds. The summed E-state index contributed by atoms with van der Waals surface area (Å²) in [4.78, 5) is 22.7. The van der Waals surface area contributed by atoms with Gasteiger partial charge in [0, 0.05) is 32.6 Å². The Hall–Kier alpha value is -2.87. The van der Waals surface area contributed by atoms with E-state index in [9.17, 15) is 4.79 Å². The Balaban J connectivity index is 1.33. The molecule has 29 heavy (non-hydrogen) atoms. The van der Waals surface area contributed by atoms with Crippen molar-refractivity contribution in [2.24, 2.45) is 4.99 Å². The van der Waals surface area contributed by atoms with E-state index in [1.165, 1.54) is 0 Å². The molecule has 1 fully saturated rings. The quantitative estimate of drug-likeness (QED) is 0.498. The molecule has 3 aromatic rings. The zero-order chi connectivity index (χ0) is 20.2. The minimum absolute atomic E-state index is 0.204. The SMILES string of the molecule is CCC(=O)N1CCC(NC(=NC)NCc2ccc(-c3nc4ccccc4s3)o2)C1. The maximum Gasteiger partial charge on any atom is 0.222 e. The summed E-state index contributed by atoms with van der Waals surface area (Å²) in [6, 6.07) is 12.2. The molecule has 2 N–H and O–H groups in total. The van der Waals surface area contributed by atoms with Gasteiger partial charge in [-0.05, 0) is 30.7 Å². The standard InChI is InChI=1S/C21H25N5O2S/c1-3-19(27)26-11-10-14(13-26)24-21(22-2)23-12-15-8-9-17(28-15)20-25-16-6-4-5-7-18(16)29-20/h4-9,14H,3,10-13H2,1-2H3,(H2,22,23,24). The second kappa shape index (κ2) is 8.65. The van der Waals surface area contributed by atoms with Crippen molar-refractivity contribution in [3.63, 3.8) is 0 Å². The molecule has 1 saturated heterocycles. The normalized spacial score (nSPS) is 17.1. The third kappa shape index (κ3) is 4.42. The average Bonchev–Trinajstić information content (AvgIpc) is 3.49. The Morgan fingerprint density at radius 3 is 3.00 bits per heavy atom. The number of benzene rings is 1. The van der Waals surface area contributed by atoms with Crippen LogP contribution in [-0.2, 0) is 11.3 Å². The number of para-hydroxylation sites is 1. The molecule has 1 aliphatic rings. The lowest BCUT2D eigenvalue weighted by molar-refractivity contribution is -0.129. The van der Waals surface area contributed by atoms with Crippen molar-refractivity contribution in [1.82, 2.24) is 20.5 Å². The smallest absolute Gasteiger partial charge is 0.222 e. The average molecular weight is 412 g/mol. The van der Waals surface area contributed by atoms with Crippen LogP contribution < -0.4 is 10.6 Å². The number of aliphatic imine (C=N–C) groups is 1. The molecule has 3 heterocycles. The van der Waals surface area contributed by atoms with Gasteiger partial charge in [-0.2, -0.15) is 0 Å². The van der Waals surface area contributed by atoms with Crippen LogP contribution in [-0.4, -0.2) is 47.9 Å². The van der Waals surface area contributed by atoms with Gasteiger partial charge in [0.15, 0.2) is 16.7 Å². The van der Waals surface area contributed by atoms with E-state index >= 15 is 0 Å². The Labute approximate surface area is 173 Å². The summed E-state index contributed by atoms with van der Waals surface area (Å²) in [5.41, 5.74) is 0.986. The molecule has 0 radical (unpaired) electrons. The first kappa shape index (κ1) is 19.4. The Morgan fingerprint density at radius 2 is 2.21 bits per heavy atom. The number of carbonyl (C=O) groups excluding carboxylic acids is 1. The van der Waals surface area contributed by atoms with Gasteiger partial charge in [0.05, 0.1) is 16.8 Å². The maximum atomic E-state index is 11.8. The lowest BCUT2D eigenvalue weighted by Crippen LogP contribution is -2.44. The first-order valence-electron chi connectivity index (χ1n) is 9.86. The number of aromatic nitrogens is 1. The van der Waals surface area contributed by atoms with E-state index < -0.39 is 0 Å². The van der Waals surface area contributed by atoms with Crippen LogP contribution in [0.1, 0.15) is 25.5 Å². The van der Waals surface area contributed by atoms with E-state index in [1.54, 1.807) is 18.4 Å². The molecule has 0 saturated carbocycles. The van der Waals surface area contributed by atoms with Gasteiger partial charge < -0.3 is 20.0 Å². The summed E-state index contributed by atoms with van der Waals surface area (Å²) >= 11 is 1.62. The molecule has 1 atom stereocenters. The number of furan rings is 1. The highest BCUT2D eigenvalue weighted by Crippen LogP contribution is 2.31. The topological polar surface area (TPSA) is 82.8 Å². The van der Waals surface area contributed by atoms with Crippen molar-refractivity contribution in [3.05, 3.63) is 42.2 Å². The molecule has 152 valence electrons. The number of thiazole rings is 1. The third-order valence-electron chi connectivity index (χ3n) is 5.00. The molecule has 2 aromatic heterocycles. The van der Waals surface area contributed by atoms with Crippen molar-refractivity contribution < 1.29 is 9.21 Å². The molecule has 8 heteroatoms. The summed E-state index contributed by atoms with van der Waals surface area (Å²) in [6.45, 7) is 3.94. The van der Waals surface area contributed by atoms with Crippen LogP contribution in [0.2, 0.25) is 0 Å². The highest BCUT2D eigenvalue weighted by molar-refractivity contribution is 7.21. The van der Waals surface area contributed by atoms with Crippen LogP contribution in [0.3, 0.4) is 0 Å². The molecule has 1 unspecified atom stereocenters. The summed E-state index contributed by atoms with van der Waals surface area (Å²) in [6.07, 6.45) is 1.48. The largest absolute Gasteiger partial charge is 0.457 e. The van der Waals surface area contributed by atoms with Crippen LogP contribution >= 0.6 is 11.3 Å². The van der Waals surface area contributed by atoms with E-state index in [-0.39, 0.29) is 11.9 Å². The number of hydrogen-bond donors (Lipinski definition) is 2. The number of rotatable bonds is 5. The molecule has 0 aliphatic carbocycles. The van der Waals surface area contributed by atoms with Crippen molar-refractivity contribution >= 4 is 33.4 Å². The highest BCUT2D eigenvalue weighted by atomic mass is 32.1. The summed E-state index contributed by atoms with van der Waals surface area (Å²) < 4.78 is 7.13. The number of hydrogen-bond acceptors (Lipinski definition) is 5. The Kier molecular flexibility index (Phi) is 5.80. The fraction of sp³-hybridized carbons (Fsp3) is 0.381. The van der Waals surface area contributed by atoms with Gasteiger partial charge in [0.1, 0.15) is 5.76 Å². The highest BCUT2D eigenvalue weighted by Gasteiger charge is 2.25. The monoisotopic (exact) mass is 411 g/mol. The number of nitrogens with zero attached hydrogens (tertiary/aromatic N) is 3. The number of carbonyl (C=O) groups is 1. The Bertz CT molecular complexity index is 992. The van der Waals surface area contributed by atoms with Crippen molar-refractivity contribution in [3.8, 4) is 10.8 Å². The van der Waals surface area contributed by atoms with E-state index in [1.807, 2.05) is 42.2 Å². The number of likely N-dealkylation sites (tertiary alicyclic amines) is 1. The van der Waals surface area contributed by atoms with Crippen LogP contribution in [0.25, 0.3) is 21.0 Å². The van der Waals surface area contributed by atoms with E-state index in [0.29, 0.717) is 18.9 Å². The van der Waals surface area contributed by atoms with Gasteiger partial charge in [-0.15, -0.1) is 11.3 Å². The lowest BCUT2D eigenvalue weighted by Gasteiger charge is -2.18. The molecule has 7 nitrogen and oxygen atoms in total. The van der Waals surface area contributed by atoms with Crippen LogP contribution in [0, 0.1) is 0 Å². The van der Waals surface area contributed by atoms with Crippen molar-refractivity contribution in [2.45, 2.75) is 32.4 Å². The Morgan fingerprint density at radius 1 is 1.34 bits per heavy atom. The molecule has 0 bridgehead atoms. The van der Waals surface area contributed by atoms with Gasteiger partial charge in [-0.1, -0.05) is 19.1 Å². The van der Waals surface area contributed by atoms with Gasteiger partial charge in [0.2, 0.25) is 5.91 Å². The van der Waals surface area contributed by atoms with Crippen molar-refractivity contribution in [1.29, 1.82) is 0 Å². The molecular formula is C21H25N5O2S. The maximum absolute atomic E-state index is 11.8. The van der Waals surface area contributed by atoms with Crippen LogP contribution in [0.15, 0.2) is 45.8 Å². The second-order valence-electron chi connectivity index (χ2n) is 7.00. The first-order valence-corrected chi connectivity index (χ1v) is 10.7. The first-order chi connectivity index (χ1) is 14.2. The minimum Gasteiger partial charge on any atom is -0.457 e. The fourth-order valence-corrected chi connectivity index (χ4v) is 4.38. The number of guanidine groups is 1. The van der Waals surface area contributed by atoms with Gasteiger partial charge >= 0.3 is 0 Å². The zero-order valence-electron chi connectivity index (χ0n) is 16.6. The lowest BCUT2D eigenvalue weighted by atomic mass is 10.3. The summed E-state index contributed by atoms with van der Waals surface area (Å²) in [7, 11) is 1.74. The molecule has 1 aliphatic heterocycles. The van der Waals surface area contributed by atoms with Crippen LogP contribution in [0.5, 0.6) is 0 Å². The third-order valence-corrected chi connectivity index (χ3v) is 6.06. The van der Waals surface area contributed by atoms with E-state index in [4.69, 9.17) is 4.42 Å². The second-order valence-corrected chi connectivity index (χ2v) is 8.03. The van der Waals surface area contributed by atoms with Gasteiger partial charge in [-0.25, -0.2) is 4.98 Å². The predicted molar refractivity (Wildman–Crippen MR) is 116 cm³/mol.